The molecule has 0 fully saturated rings. The molecule has 5 rings (SSSR count). The zero-order valence-electron chi connectivity index (χ0n) is 23.0. The number of amides is 1. The predicted octanol–water partition coefficient (Wildman–Crippen LogP) is 4.37. The van der Waals surface area contributed by atoms with Gasteiger partial charge in [0.15, 0.2) is 11.4 Å². The summed E-state index contributed by atoms with van der Waals surface area (Å²) in [6.07, 6.45) is 4.40. The lowest BCUT2D eigenvalue weighted by Crippen LogP contribution is -2.32. The van der Waals surface area contributed by atoms with E-state index in [1.807, 2.05) is 6.20 Å². The number of carbonyl (C=O) groups is 1. The van der Waals surface area contributed by atoms with E-state index in [2.05, 4.69) is 20.3 Å². The lowest BCUT2D eigenvalue weighted by atomic mass is 9.97. The van der Waals surface area contributed by atoms with Crippen LogP contribution in [0.5, 0.6) is 11.5 Å². The van der Waals surface area contributed by atoms with Crippen LogP contribution in [-0.2, 0) is 34.3 Å². The average molecular weight is 588 g/mol. The van der Waals surface area contributed by atoms with E-state index in [1.54, 1.807) is 37.7 Å². The molecule has 0 radical (unpaired) electrons. The third-order valence-corrected chi connectivity index (χ3v) is 7.59. The van der Waals surface area contributed by atoms with Crippen molar-refractivity contribution >= 4 is 32.9 Å². The Bertz CT molecular complexity index is 1710. The van der Waals surface area contributed by atoms with Gasteiger partial charge in [0.25, 0.3) is 10.0 Å². The van der Waals surface area contributed by atoms with Crippen molar-refractivity contribution in [1.82, 2.24) is 20.3 Å². The monoisotopic (exact) mass is 587 g/mol. The molecule has 2 aromatic carbocycles. The maximum atomic E-state index is 13.9. The van der Waals surface area contributed by atoms with E-state index in [0.717, 1.165) is 35.2 Å². The summed E-state index contributed by atoms with van der Waals surface area (Å²) in [7, 11) is -3.00. The molecule has 2 aromatic heterocycles. The van der Waals surface area contributed by atoms with Crippen LogP contribution in [-0.4, -0.2) is 48.8 Å². The SMILES string of the molecule is COc1ccc(F)cc1S(=O)(=O)Nc1noc2cc(Cn3cc(CNC(=O)OC(C)(C)C)cn3)c3c(c12)OCCC3. The number of halogens is 1. The summed E-state index contributed by atoms with van der Waals surface area (Å²) in [4.78, 5) is 11.6. The highest BCUT2D eigenvalue weighted by molar-refractivity contribution is 7.92. The third kappa shape index (κ3) is 6.21. The minimum Gasteiger partial charge on any atom is -0.495 e. The molecular formula is C27H30FN5O7S. The minimum atomic E-state index is -4.29. The number of fused-ring (bicyclic) bond motifs is 3. The Morgan fingerprint density at radius 3 is 2.80 bits per heavy atom. The van der Waals surface area contributed by atoms with Crippen LogP contribution in [0, 0.1) is 5.82 Å². The van der Waals surface area contributed by atoms with Crippen LogP contribution in [0.15, 0.2) is 46.1 Å². The van der Waals surface area contributed by atoms with Gasteiger partial charge >= 0.3 is 6.09 Å². The second-order valence-electron chi connectivity index (χ2n) is 10.5. The highest BCUT2D eigenvalue weighted by Gasteiger charge is 2.28. The molecule has 12 nitrogen and oxygen atoms in total. The Kier molecular flexibility index (Phi) is 7.51. The number of hydrogen-bond acceptors (Lipinski definition) is 9. The van der Waals surface area contributed by atoms with Crippen LogP contribution in [0.1, 0.15) is 43.9 Å². The Morgan fingerprint density at radius 2 is 2.05 bits per heavy atom. The predicted molar refractivity (Wildman–Crippen MR) is 146 cm³/mol. The van der Waals surface area contributed by atoms with Gasteiger partial charge in [-0.3, -0.25) is 9.40 Å². The quantitative estimate of drug-likeness (QED) is 0.307. The minimum absolute atomic E-state index is 0.0212. The number of aromatic nitrogens is 3. The molecule has 0 saturated heterocycles. The van der Waals surface area contributed by atoms with Crippen LogP contribution in [0.4, 0.5) is 15.0 Å². The molecule has 0 atom stereocenters. The normalized spacial score (nSPS) is 13.4. The Hall–Kier alpha value is -4.33. The van der Waals surface area contributed by atoms with Gasteiger partial charge in [0.1, 0.15) is 33.2 Å². The van der Waals surface area contributed by atoms with Crippen molar-refractivity contribution in [2.45, 2.75) is 57.2 Å². The molecular weight excluding hydrogens is 557 g/mol. The second kappa shape index (κ2) is 10.9. The lowest BCUT2D eigenvalue weighted by molar-refractivity contribution is 0.0523. The van der Waals surface area contributed by atoms with Gasteiger partial charge in [0.2, 0.25) is 0 Å². The van der Waals surface area contributed by atoms with Gasteiger partial charge in [-0.05, 0) is 63.4 Å². The van der Waals surface area contributed by atoms with Gasteiger partial charge in [-0.1, -0.05) is 5.16 Å². The van der Waals surface area contributed by atoms with E-state index in [1.165, 1.54) is 13.2 Å². The number of ether oxygens (including phenoxy) is 3. The molecule has 0 unspecified atom stereocenters. The molecule has 1 aliphatic heterocycles. The molecule has 0 saturated carbocycles. The zero-order valence-corrected chi connectivity index (χ0v) is 23.8. The Balaban J connectivity index is 1.41. The molecule has 1 amide bonds. The van der Waals surface area contributed by atoms with Gasteiger partial charge in [-0.15, -0.1) is 0 Å². The first-order chi connectivity index (χ1) is 19.4. The summed E-state index contributed by atoms with van der Waals surface area (Å²) in [5.74, 6) is -0.366. The number of sulfonamides is 1. The number of benzene rings is 2. The highest BCUT2D eigenvalue weighted by Crippen LogP contribution is 2.41. The molecule has 4 aromatic rings. The summed E-state index contributed by atoms with van der Waals surface area (Å²) < 4.78 is 66.3. The molecule has 2 N–H and O–H groups in total. The van der Waals surface area contributed by atoms with Crippen molar-refractivity contribution in [1.29, 1.82) is 0 Å². The summed E-state index contributed by atoms with van der Waals surface area (Å²) in [6, 6.07) is 4.98. The van der Waals surface area contributed by atoms with E-state index in [0.29, 0.717) is 36.3 Å². The smallest absolute Gasteiger partial charge is 0.407 e. The fourth-order valence-corrected chi connectivity index (χ4v) is 5.71. The summed E-state index contributed by atoms with van der Waals surface area (Å²) in [5, 5.41) is 11.4. The maximum absolute atomic E-state index is 13.9. The first kappa shape index (κ1) is 28.2. The van der Waals surface area contributed by atoms with Crippen LogP contribution in [0.2, 0.25) is 0 Å². The maximum Gasteiger partial charge on any atom is 0.407 e. The Labute approximate surface area is 235 Å². The van der Waals surface area contributed by atoms with Gasteiger partial charge in [-0.2, -0.15) is 5.10 Å². The molecule has 0 aliphatic carbocycles. The molecule has 0 spiro atoms. The van der Waals surface area contributed by atoms with Crippen molar-refractivity contribution in [2.24, 2.45) is 0 Å². The van der Waals surface area contributed by atoms with E-state index in [4.69, 9.17) is 18.7 Å². The summed E-state index contributed by atoms with van der Waals surface area (Å²) in [6.45, 7) is 6.43. The van der Waals surface area contributed by atoms with Crippen molar-refractivity contribution in [3.8, 4) is 11.5 Å². The standard InChI is InChI=1S/C27H30FN5O7S/c1-27(2,3)39-26(34)29-12-16-13-30-33(14-16)15-17-10-21-23(24-19(17)6-5-9-38-24)25(31-40-21)32-41(35,36)22-11-18(28)7-8-20(22)37-4/h7-8,10-11,13-14H,5-6,9,12,15H2,1-4H3,(H,29,34)(H,31,32). The fraction of sp³-hybridized carbons (Fsp3) is 0.370. The number of nitrogens with zero attached hydrogens (tertiary/aromatic N) is 3. The number of anilines is 1. The number of hydrogen-bond donors (Lipinski definition) is 2. The molecule has 3 heterocycles. The van der Waals surface area contributed by atoms with Gasteiger partial charge in [-0.25, -0.2) is 17.6 Å². The molecule has 218 valence electrons. The van der Waals surface area contributed by atoms with Gasteiger partial charge in [0, 0.05) is 23.9 Å². The molecule has 14 heteroatoms. The van der Waals surface area contributed by atoms with E-state index in [9.17, 15) is 17.6 Å². The van der Waals surface area contributed by atoms with E-state index >= 15 is 0 Å². The summed E-state index contributed by atoms with van der Waals surface area (Å²) >= 11 is 0. The number of alkyl carbamates (subject to hydrolysis) is 1. The molecule has 1 aliphatic rings. The number of rotatable bonds is 8. The third-order valence-electron chi connectivity index (χ3n) is 6.23. The summed E-state index contributed by atoms with van der Waals surface area (Å²) in [5.41, 5.74) is 2.23. The first-order valence-corrected chi connectivity index (χ1v) is 14.3. The average Bonchev–Trinajstić information content (AvgIpc) is 3.53. The van der Waals surface area contributed by atoms with Crippen molar-refractivity contribution in [3.63, 3.8) is 0 Å². The first-order valence-electron chi connectivity index (χ1n) is 12.8. The molecule has 0 bridgehead atoms. The van der Waals surface area contributed by atoms with Gasteiger partial charge < -0.3 is 24.1 Å². The second-order valence-corrected chi connectivity index (χ2v) is 12.2. The zero-order chi connectivity index (χ0) is 29.4. The number of nitrogens with one attached hydrogen (secondary N) is 2. The highest BCUT2D eigenvalue weighted by atomic mass is 32.2. The molecule has 41 heavy (non-hydrogen) atoms. The van der Waals surface area contributed by atoms with Gasteiger partial charge in [0.05, 0.1) is 26.5 Å². The number of carbonyl (C=O) groups excluding carboxylic acids is 1. The Morgan fingerprint density at radius 1 is 1.24 bits per heavy atom. The topological polar surface area (TPSA) is 147 Å². The van der Waals surface area contributed by atoms with E-state index in [-0.39, 0.29) is 23.0 Å². The van der Waals surface area contributed by atoms with Crippen molar-refractivity contribution in [3.05, 3.63) is 59.2 Å². The van der Waals surface area contributed by atoms with Crippen molar-refractivity contribution < 1.29 is 36.3 Å². The van der Waals surface area contributed by atoms with E-state index < -0.39 is 27.5 Å². The largest absolute Gasteiger partial charge is 0.495 e. The number of methoxy groups -OCH3 is 1. The van der Waals surface area contributed by atoms with Crippen LogP contribution in [0.3, 0.4) is 0 Å². The van der Waals surface area contributed by atoms with Crippen LogP contribution >= 0.6 is 0 Å². The fourth-order valence-electron chi connectivity index (χ4n) is 4.52. The van der Waals surface area contributed by atoms with Crippen molar-refractivity contribution in [2.75, 3.05) is 18.4 Å². The lowest BCUT2D eigenvalue weighted by Gasteiger charge is -2.21. The van der Waals surface area contributed by atoms with Crippen LogP contribution < -0.4 is 19.5 Å². The van der Waals surface area contributed by atoms with Crippen LogP contribution in [0.25, 0.3) is 11.0 Å².